The van der Waals surface area contributed by atoms with Crippen LogP contribution in [0.2, 0.25) is 0 Å². The van der Waals surface area contributed by atoms with Gasteiger partial charge in [0.05, 0.1) is 0 Å². The van der Waals surface area contributed by atoms with Crippen LogP contribution in [-0.2, 0) is 4.74 Å². The SMILES string of the molecule is CC(C)NC(=O)O[C@@H]1CC[C@H](c2cnc3[nH]cc(C4=CCN(C)CC4)c3c2)C1. The van der Waals surface area contributed by atoms with Gasteiger partial charge in [-0.1, -0.05) is 6.08 Å². The number of rotatable bonds is 4. The van der Waals surface area contributed by atoms with Gasteiger partial charge in [-0.25, -0.2) is 9.78 Å². The van der Waals surface area contributed by atoms with Gasteiger partial charge >= 0.3 is 6.09 Å². The Balaban J connectivity index is 1.49. The molecule has 2 aromatic rings. The quantitative estimate of drug-likeness (QED) is 0.837. The lowest BCUT2D eigenvalue weighted by molar-refractivity contribution is 0.0982. The first-order valence-corrected chi connectivity index (χ1v) is 10.3. The Kier molecular flexibility index (Phi) is 5.40. The zero-order valence-corrected chi connectivity index (χ0v) is 17.0. The van der Waals surface area contributed by atoms with E-state index in [0.29, 0.717) is 5.92 Å². The number of carbonyl (C=O) groups excluding carboxylic acids is 1. The summed E-state index contributed by atoms with van der Waals surface area (Å²) in [4.78, 5) is 22.2. The van der Waals surface area contributed by atoms with Crippen molar-refractivity contribution >= 4 is 22.7 Å². The minimum atomic E-state index is -0.309. The highest BCUT2D eigenvalue weighted by Gasteiger charge is 2.29. The highest BCUT2D eigenvalue weighted by molar-refractivity contribution is 5.91. The van der Waals surface area contributed by atoms with E-state index < -0.39 is 0 Å². The van der Waals surface area contributed by atoms with Crippen molar-refractivity contribution in [1.29, 1.82) is 0 Å². The molecule has 0 unspecified atom stereocenters. The molecule has 1 fully saturated rings. The Bertz CT molecular complexity index is 886. The van der Waals surface area contributed by atoms with Crippen LogP contribution in [0.25, 0.3) is 16.6 Å². The number of ether oxygens (including phenoxy) is 1. The predicted octanol–water partition coefficient (Wildman–Crippen LogP) is 4.05. The lowest BCUT2D eigenvalue weighted by Crippen LogP contribution is -2.33. The second-order valence-electron chi connectivity index (χ2n) is 8.45. The number of H-pyrrole nitrogens is 1. The molecule has 28 heavy (non-hydrogen) atoms. The van der Waals surface area contributed by atoms with E-state index in [1.807, 2.05) is 20.0 Å². The van der Waals surface area contributed by atoms with Crippen molar-refractivity contribution in [2.45, 2.75) is 57.6 Å². The molecule has 2 atom stereocenters. The molecular weight excluding hydrogens is 352 g/mol. The molecule has 6 heteroatoms. The van der Waals surface area contributed by atoms with E-state index in [1.165, 1.54) is 22.1 Å². The summed E-state index contributed by atoms with van der Waals surface area (Å²) in [7, 11) is 2.15. The Morgan fingerprint density at radius 3 is 3.00 bits per heavy atom. The van der Waals surface area contributed by atoms with E-state index in [2.05, 4.69) is 45.6 Å². The van der Waals surface area contributed by atoms with Crippen molar-refractivity contribution in [1.82, 2.24) is 20.2 Å². The zero-order chi connectivity index (χ0) is 19.7. The third kappa shape index (κ3) is 4.07. The molecule has 4 rings (SSSR count). The molecule has 150 valence electrons. The van der Waals surface area contributed by atoms with Crippen LogP contribution in [0, 0.1) is 0 Å². The number of likely N-dealkylation sites (N-methyl/N-ethyl adjacent to an activating group) is 1. The third-order valence-electron chi connectivity index (χ3n) is 5.85. The maximum absolute atomic E-state index is 11.9. The Morgan fingerprint density at radius 1 is 1.39 bits per heavy atom. The average molecular weight is 383 g/mol. The fourth-order valence-corrected chi connectivity index (χ4v) is 4.29. The summed E-state index contributed by atoms with van der Waals surface area (Å²) in [5, 5.41) is 4.01. The number of aromatic amines is 1. The molecule has 1 saturated carbocycles. The Hall–Kier alpha value is -2.34. The topological polar surface area (TPSA) is 70.2 Å². The monoisotopic (exact) mass is 382 g/mol. The van der Waals surface area contributed by atoms with Crippen molar-refractivity contribution in [2.24, 2.45) is 0 Å². The molecule has 1 amide bonds. The molecule has 2 N–H and O–H groups in total. The molecule has 0 saturated heterocycles. The lowest BCUT2D eigenvalue weighted by Gasteiger charge is -2.21. The maximum Gasteiger partial charge on any atom is 0.407 e. The van der Waals surface area contributed by atoms with Gasteiger partial charge in [0.2, 0.25) is 0 Å². The summed E-state index contributed by atoms with van der Waals surface area (Å²) in [6, 6.07) is 2.38. The largest absolute Gasteiger partial charge is 0.446 e. The Morgan fingerprint density at radius 2 is 2.25 bits per heavy atom. The van der Waals surface area contributed by atoms with Gasteiger partial charge in [0.15, 0.2) is 0 Å². The lowest BCUT2D eigenvalue weighted by atomic mass is 9.95. The first-order valence-electron chi connectivity index (χ1n) is 10.3. The second kappa shape index (κ2) is 7.95. The number of fused-ring (bicyclic) bond motifs is 1. The molecule has 6 nitrogen and oxygen atoms in total. The number of nitrogens with zero attached hydrogens (tertiary/aromatic N) is 2. The summed E-state index contributed by atoms with van der Waals surface area (Å²) in [5.41, 5.74) is 4.87. The molecule has 2 aromatic heterocycles. The smallest absolute Gasteiger partial charge is 0.407 e. The van der Waals surface area contributed by atoms with Crippen molar-refractivity contribution in [3.05, 3.63) is 35.7 Å². The van der Waals surface area contributed by atoms with Gasteiger partial charge in [-0.2, -0.15) is 0 Å². The molecule has 3 heterocycles. The van der Waals surface area contributed by atoms with Crippen LogP contribution in [-0.4, -0.2) is 53.2 Å². The molecule has 1 aliphatic carbocycles. The van der Waals surface area contributed by atoms with Crippen LogP contribution in [0.15, 0.2) is 24.5 Å². The number of alkyl carbamates (subject to hydrolysis) is 1. The van der Waals surface area contributed by atoms with Crippen LogP contribution in [0.5, 0.6) is 0 Å². The van der Waals surface area contributed by atoms with Crippen molar-refractivity contribution in [3.8, 4) is 0 Å². The number of hydrogen-bond acceptors (Lipinski definition) is 4. The number of nitrogens with one attached hydrogen (secondary N) is 2. The van der Waals surface area contributed by atoms with E-state index in [1.54, 1.807) is 0 Å². The number of pyridine rings is 1. The van der Waals surface area contributed by atoms with Crippen LogP contribution in [0.3, 0.4) is 0 Å². The summed E-state index contributed by atoms with van der Waals surface area (Å²) < 4.78 is 5.58. The highest BCUT2D eigenvalue weighted by atomic mass is 16.6. The van der Waals surface area contributed by atoms with Crippen LogP contribution in [0.1, 0.15) is 56.6 Å². The minimum absolute atomic E-state index is 0.0123. The predicted molar refractivity (Wildman–Crippen MR) is 111 cm³/mol. The molecule has 0 radical (unpaired) electrons. The summed E-state index contributed by atoms with van der Waals surface area (Å²) >= 11 is 0. The van der Waals surface area contributed by atoms with Gasteiger partial charge in [0.1, 0.15) is 11.8 Å². The first kappa shape index (κ1) is 19.0. The van der Waals surface area contributed by atoms with Gasteiger partial charge < -0.3 is 19.9 Å². The van der Waals surface area contributed by atoms with E-state index in [-0.39, 0.29) is 18.2 Å². The normalized spacial score (nSPS) is 23.2. The Labute approximate surface area is 166 Å². The highest BCUT2D eigenvalue weighted by Crippen LogP contribution is 2.38. The maximum atomic E-state index is 11.9. The fraction of sp³-hybridized carbons (Fsp3) is 0.545. The number of aromatic nitrogens is 2. The van der Waals surface area contributed by atoms with Gasteiger partial charge in [-0.3, -0.25) is 0 Å². The summed E-state index contributed by atoms with van der Waals surface area (Å²) in [6.07, 6.45) is 9.95. The molecule has 0 spiro atoms. The molecule has 1 aliphatic heterocycles. The fourth-order valence-electron chi connectivity index (χ4n) is 4.29. The van der Waals surface area contributed by atoms with Crippen LogP contribution >= 0.6 is 0 Å². The van der Waals surface area contributed by atoms with E-state index in [0.717, 1.165) is 44.4 Å². The molecule has 0 aromatic carbocycles. The van der Waals surface area contributed by atoms with Gasteiger partial charge in [-0.05, 0) is 69.7 Å². The van der Waals surface area contributed by atoms with Crippen molar-refractivity contribution < 1.29 is 9.53 Å². The van der Waals surface area contributed by atoms with Gasteiger partial charge in [-0.15, -0.1) is 0 Å². The molecule has 0 bridgehead atoms. The van der Waals surface area contributed by atoms with Crippen LogP contribution in [0.4, 0.5) is 4.79 Å². The third-order valence-corrected chi connectivity index (χ3v) is 5.85. The summed E-state index contributed by atoms with van der Waals surface area (Å²) in [5.74, 6) is 0.392. The van der Waals surface area contributed by atoms with Gasteiger partial charge in [0.25, 0.3) is 0 Å². The van der Waals surface area contributed by atoms with E-state index in [9.17, 15) is 4.79 Å². The molecule has 2 aliphatic rings. The van der Waals surface area contributed by atoms with Gasteiger partial charge in [0, 0.05) is 42.5 Å². The minimum Gasteiger partial charge on any atom is -0.446 e. The number of hydrogen-bond donors (Lipinski definition) is 2. The molecular formula is C22H30N4O2. The van der Waals surface area contributed by atoms with Crippen molar-refractivity contribution in [2.75, 3.05) is 20.1 Å². The van der Waals surface area contributed by atoms with Crippen molar-refractivity contribution in [3.63, 3.8) is 0 Å². The average Bonchev–Trinajstić information content (AvgIpc) is 3.28. The number of carbonyl (C=O) groups is 1. The van der Waals surface area contributed by atoms with E-state index in [4.69, 9.17) is 4.74 Å². The standard InChI is InChI=1S/C22H30N4O2/c1-14(2)25-22(27)28-18-5-4-16(10-18)17-11-19-20(13-24-21(19)23-12-17)15-6-8-26(3)9-7-15/h6,11-14,16,18H,4-5,7-10H2,1-3H3,(H,23,24)(H,25,27)/t16-,18+/m0/s1. The zero-order valence-electron chi connectivity index (χ0n) is 17.0. The van der Waals surface area contributed by atoms with Crippen LogP contribution < -0.4 is 5.32 Å². The summed E-state index contributed by atoms with van der Waals surface area (Å²) in [6.45, 7) is 5.96. The second-order valence-corrected chi connectivity index (χ2v) is 8.45. The first-order chi connectivity index (χ1) is 13.5. The van der Waals surface area contributed by atoms with E-state index >= 15 is 0 Å². The number of amides is 1.